The maximum absolute atomic E-state index is 2.45. The second kappa shape index (κ2) is 5.44. The Hall–Kier alpha value is 0.558. The normalized spacial score (nSPS) is 13.4. The quantitative estimate of drug-likeness (QED) is 0.595. The van der Waals surface area contributed by atoms with Gasteiger partial charge in [-0.2, -0.15) is 0 Å². The van der Waals surface area contributed by atoms with Crippen molar-refractivity contribution in [2.75, 3.05) is 0 Å². The van der Waals surface area contributed by atoms with Crippen LogP contribution in [0.25, 0.3) is 0 Å². The average Bonchev–Trinajstić information content (AvgIpc) is 1.82. The molecule has 0 amide bonds. The summed E-state index contributed by atoms with van der Waals surface area (Å²) in [4.78, 5) is 0. The Morgan fingerprint density at radius 2 is 1.08 bits per heavy atom. The van der Waals surface area contributed by atoms with Gasteiger partial charge in [0.05, 0.1) is 0 Å². The molecule has 1 heteroatoms. The van der Waals surface area contributed by atoms with Gasteiger partial charge in [-0.05, 0) is 0 Å². The molecule has 0 saturated heterocycles. The van der Waals surface area contributed by atoms with E-state index in [1.807, 2.05) is 0 Å². The zero-order valence-corrected chi connectivity index (χ0v) is 12.2. The summed E-state index contributed by atoms with van der Waals surface area (Å²) in [5.41, 5.74) is 0. The van der Waals surface area contributed by atoms with E-state index < -0.39 is 0 Å². The summed E-state index contributed by atoms with van der Waals surface area (Å²) in [5, 5.41) is 0. The Balaban J connectivity index is 4.07. The van der Waals surface area contributed by atoms with Gasteiger partial charge >= 0.3 is 91.4 Å². The van der Waals surface area contributed by atoms with Crippen molar-refractivity contribution in [3.63, 3.8) is 0 Å². The van der Waals surface area contributed by atoms with Crippen LogP contribution in [0.5, 0.6) is 0 Å². The fraction of sp³-hybridized carbons (Fsp3) is 1.00. The van der Waals surface area contributed by atoms with Crippen molar-refractivity contribution in [1.82, 2.24) is 0 Å². The van der Waals surface area contributed by atoms with E-state index in [1.54, 1.807) is 0 Å². The molecular formula is C12H26As. The SMILES string of the molecule is CCCC(C)(C)[As]C(C)(C)CCC. The Kier molecular flexibility index (Phi) is 5.68. The molecule has 0 unspecified atom stereocenters. The molecular weight excluding hydrogens is 219 g/mol. The van der Waals surface area contributed by atoms with E-state index in [4.69, 9.17) is 0 Å². The molecule has 0 atom stereocenters. The molecule has 0 N–H and O–H groups in total. The molecule has 0 saturated carbocycles. The van der Waals surface area contributed by atoms with Gasteiger partial charge in [0.1, 0.15) is 0 Å². The van der Waals surface area contributed by atoms with Gasteiger partial charge in [-0.15, -0.1) is 0 Å². The molecule has 0 heterocycles. The van der Waals surface area contributed by atoms with Crippen molar-refractivity contribution < 1.29 is 0 Å². The average molecular weight is 245 g/mol. The van der Waals surface area contributed by atoms with Gasteiger partial charge in [0.2, 0.25) is 0 Å². The molecule has 0 aliphatic heterocycles. The summed E-state index contributed by atoms with van der Waals surface area (Å²) < 4.78 is 1.26. The molecule has 1 radical (unpaired) electrons. The van der Waals surface area contributed by atoms with Crippen LogP contribution in [0.3, 0.4) is 0 Å². The van der Waals surface area contributed by atoms with Crippen LogP contribution in [0, 0.1) is 0 Å². The van der Waals surface area contributed by atoms with Gasteiger partial charge in [-0.3, -0.25) is 0 Å². The van der Waals surface area contributed by atoms with Crippen molar-refractivity contribution in [3.05, 3.63) is 0 Å². The molecule has 0 nitrogen and oxygen atoms in total. The Labute approximate surface area is 91.6 Å². The Bertz CT molecular complexity index is 120. The van der Waals surface area contributed by atoms with Gasteiger partial charge in [0.25, 0.3) is 0 Å². The molecule has 0 fully saturated rings. The van der Waals surface area contributed by atoms with Crippen molar-refractivity contribution in [1.29, 1.82) is 0 Å². The molecule has 0 aliphatic rings. The van der Waals surface area contributed by atoms with Gasteiger partial charge in [-0.1, -0.05) is 0 Å². The predicted molar refractivity (Wildman–Crippen MR) is 63.7 cm³/mol. The summed E-state index contributed by atoms with van der Waals surface area (Å²) in [6.07, 6.45) is 5.48. The maximum atomic E-state index is 2.45. The van der Waals surface area contributed by atoms with Crippen molar-refractivity contribution >= 4 is 15.8 Å². The number of hydrogen-bond donors (Lipinski definition) is 0. The summed E-state index contributed by atoms with van der Waals surface area (Å²) in [6, 6.07) is 0. The molecule has 0 aromatic rings. The molecule has 0 aliphatic carbocycles. The summed E-state index contributed by atoms with van der Waals surface area (Å²) >= 11 is 0.473. The van der Waals surface area contributed by atoms with Gasteiger partial charge in [0.15, 0.2) is 0 Å². The third kappa shape index (κ3) is 6.61. The van der Waals surface area contributed by atoms with E-state index in [-0.39, 0.29) is 0 Å². The van der Waals surface area contributed by atoms with Crippen LogP contribution in [0.1, 0.15) is 67.2 Å². The Morgan fingerprint density at radius 3 is 1.31 bits per heavy atom. The third-order valence-corrected chi connectivity index (χ3v) is 5.81. The minimum absolute atomic E-state index is 0.473. The summed E-state index contributed by atoms with van der Waals surface area (Å²) in [6.45, 7) is 14.4. The molecule has 0 rings (SSSR count). The number of hydrogen-bond acceptors (Lipinski definition) is 0. The molecule has 13 heavy (non-hydrogen) atoms. The summed E-state index contributed by atoms with van der Waals surface area (Å²) in [5.74, 6) is 0. The van der Waals surface area contributed by atoms with Crippen LogP contribution in [-0.4, -0.2) is 15.8 Å². The fourth-order valence-corrected chi connectivity index (χ4v) is 7.00. The Morgan fingerprint density at radius 1 is 0.769 bits per heavy atom. The van der Waals surface area contributed by atoms with Gasteiger partial charge < -0.3 is 0 Å². The molecule has 0 bridgehead atoms. The minimum atomic E-state index is 0.473. The van der Waals surface area contributed by atoms with Crippen molar-refractivity contribution in [2.45, 2.75) is 75.6 Å². The van der Waals surface area contributed by atoms with Crippen LogP contribution >= 0.6 is 0 Å². The summed E-state index contributed by atoms with van der Waals surface area (Å²) in [7, 11) is 0. The van der Waals surface area contributed by atoms with Gasteiger partial charge in [-0.25, -0.2) is 0 Å². The number of rotatable bonds is 6. The van der Waals surface area contributed by atoms with E-state index >= 15 is 0 Å². The van der Waals surface area contributed by atoms with Crippen LogP contribution < -0.4 is 0 Å². The van der Waals surface area contributed by atoms with E-state index in [0.29, 0.717) is 24.2 Å². The fourth-order valence-electron chi connectivity index (χ4n) is 2.15. The molecule has 79 valence electrons. The molecule has 0 aromatic carbocycles. The zero-order valence-electron chi connectivity index (χ0n) is 10.3. The van der Waals surface area contributed by atoms with E-state index in [1.165, 1.54) is 25.7 Å². The van der Waals surface area contributed by atoms with Gasteiger partial charge in [0, 0.05) is 0 Å². The first-order valence-electron chi connectivity index (χ1n) is 5.57. The second-order valence-electron chi connectivity index (χ2n) is 5.24. The van der Waals surface area contributed by atoms with E-state index in [2.05, 4.69) is 41.5 Å². The van der Waals surface area contributed by atoms with Crippen LogP contribution in [0.4, 0.5) is 0 Å². The predicted octanol–water partition coefficient (Wildman–Crippen LogP) is 4.69. The first-order chi connectivity index (χ1) is 5.83. The topological polar surface area (TPSA) is 0 Å². The standard InChI is InChI=1S/C12H26As/c1-7-9-11(3,4)13-12(5,6)10-8-2/h7-10H2,1-6H3. The monoisotopic (exact) mass is 245 g/mol. The van der Waals surface area contributed by atoms with E-state index in [9.17, 15) is 0 Å². The first kappa shape index (κ1) is 13.6. The molecule has 0 aromatic heterocycles. The second-order valence-corrected chi connectivity index (χ2v) is 10.8. The van der Waals surface area contributed by atoms with E-state index in [0.717, 1.165) is 0 Å². The van der Waals surface area contributed by atoms with Crippen LogP contribution in [-0.2, 0) is 0 Å². The van der Waals surface area contributed by atoms with Crippen LogP contribution in [0.2, 0.25) is 8.41 Å². The van der Waals surface area contributed by atoms with Crippen LogP contribution in [0.15, 0.2) is 0 Å². The third-order valence-electron chi connectivity index (χ3n) is 2.33. The molecule has 0 spiro atoms. The van der Waals surface area contributed by atoms with Crippen molar-refractivity contribution in [3.8, 4) is 0 Å². The zero-order chi connectivity index (χ0) is 10.5. The van der Waals surface area contributed by atoms with Crippen molar-refractivity contribution in [2.24, 2.45) is 0 Å². The first-order valence-corrected chi connectivity index (χ1v) is 7.45.